The van der Waals surface area contributed by atoms with E-state index in [1.165, 1.54) is 25.7 Å². The largest absolute Gasteiger partial charge is 0.491 e. The molecule has 0 atom stereocenters. The Hall–Kier alpha value is -4.14. The molecule has 38 heavy (non-hydrogen) atoms. The fourth-order valence-corrected chi connectivity index (χ4v) is 5.22. The summed E-state index contributed by atoms with van der Waals surface area (Å²) in [6, 6.07) is 16.5. The fourth-order valence-electron chi connectivity index (χ4n) is 5.22. The van der Waals surface area contributed by atoms with Gasteiger partial charge in [-0.25, -0.2) is 5.43 Å². The van der Waals surface area contributed by atoms with Crippen LogP contribution in [0.5, 0.6) is 5.75 Å². The number of nitrogens with one attached hydrogen (secondary N) is 1. The van der Waals surface area contributed by atoms with Crippen molar-refractivity contribution in [3.8, 4) is 5.75 Å². The molecular formula is C29H34N8O. The van der Waals surface area contributed by atoms with Crippen LogP contribution in [0.15, 0.2) is 59.8 Å². The van der Waals surface area contributed by atoms with Gasteiger partial charge in [-0.05, 0) is 50.3 Å². The second-order valence-corrected chi connectivity index (χ2v) is 9.93. The van der Waals surface area contributed by atoms with Gasteiger partial charge in [-0.1, -0.05) is 36.4 Å². The van der Waals surface area contributed by atoms with Gasteiger partial charge in [0.25, 0.3) is 0 Å². The number of hydrogen-bond acceptors (Lipinski definition) is 8. The van der Waals surface area contributed by atoms with Crippen LogP contribution >= 0.6 is 0 Å². The summed E-state index contributed by atoms with van der Waals surface area (Å²) in [5.41, 5.74) is 6.40. The van der Waals surface area contributed by atoms with Gasteiger partial charge in [0, 0.05) is 48.8 Å². The van der Waals surface area contributed by atoms with Crippen LogP contribution in [0.1, 0.15) is 36.8 Å². The number of nitrogens with zero attached hydrogens (tertiary/aromatic N) is 7. The van der Waals surface area contributed by atoms with Gasteiger partial charge in [0.05, 0.1) is 12.8 Å². The van der Waals surface area contributed by atoms with E-state index < -0.39 is 0 Å². The summed E-state index contributed by atoms with van der Waals surface area (Å²) < 4.78 is 8.26. The van der Waals surface area contributed by atoms with Crippen molar-refractivity contribution in [2.24, 2.45) is 5.10 Å². The molecule has 0 aliphatic carbocycles. The van der Waals surface area contributed by atoms with E-state index in [1.54, 1.807) is 0 Å². The Kier molecular flexibility index (Phi) is 7.06. The predicted octanol–water partition coefficient (Wildman–Crippen LogP) is 4.86. The molecule has 0 amide bonds. The van der Waals surface area contributed by atoms with Gasteiger partial charge >= 0.3 is 0 Å². The predicted molar refractivity (Wildman–Crippen MR) is 153 cm³/mol. The van der Waals surface area contributed by atoms with Gasteiger partial charge < -0.3 is 19.1 Å². The van der Waals surface area contributed by atoms with Crippen LogP contribution in [-0.2, 0) is 6.54 Å². The van der Waals surface area contributed by atoms with E-state index >= 15 is 0 Å². The maximum atomic E-state index is 6.05. The normalized spacial score (nSPS) is 15.7. The van der Waals surface area contributed by atoms with E-state index in [2.05, 4.69) is 68.3 Å². The number of ether oxygens (including phenoxy) is 1. The van der Waals surface area contributed by atoms with E-state index in [0.29, 0.717) is 12.6 Å². The second-order valence-electron chi connectivity index (χ2n) is 9.93. The first-order chi connectivity index (χ1) is 18.7. The Morgan fingerprint density at radius 3 is 2.24 bits per heavy atom. The lowest BCUT2D eigenvalue weighted by molar-refractivity contribution is 0.298. The first kappa shape index (κ1) is 24.2. The number of hydrogen-bond donors (Lipinski definition) is 1. The average Bonchev–Trinajstić information content (AvgIpc) is 3.72. The minimum atomic E-state index is 0.482. The Morgan fingerprint density at radius 1 is 0.868 bits per heavy atom. The smallest absolute Gasteiger partial charge is 0.250 e. The van der Waals surface area contributed by atoms with Crippen LogP contribution in [0.4, 0.5) is 17.8 Å². The van der Waals surface area contributed by atoms with Gasteiger partial charge in [0.15, 0.2) is 0 Å². The van der Waals surface area contributed by atoms with Crippen molar-refractivity contribution < 1.29 is 4.74 Å². The summed E-state index contributed by atoms with van der Waals surface area (Å²) in [5.74, 6) is 2.88. The van der Waals surface area contributed by atoms with Crippen LogP contribution in [-0.4, -0.2) is 58.5 Å². The SMILES string of the molecule is Cc1ccccc1OCCn1cc(/C=N/Nc2nc(N3CCCC3)nc(N3CCCC3)n2)c2ccccc21. The summed E-state index contributed by atoms with van der Waals surface area (Å²) in [6.45, 7) is 7.33. The third-order valence-electron chi connectivity index (χ3n) is 7.26. The van der Waals surface area contributed by atoms with E-state index in [-0.39, 0.29) is 0 Å². The van der Waals surface area contributed by atoms with Gasteiger partial charge in [-0.2, -0.15) is 20.1 Å². The summed E-state index contributed by atoms with van der Waals surface area (Å²) >= 11 is 0. The Labute approximate surface area is 223 Å². The summed E-state index contributed by atoms with van der Waals surface area (Å²) in [5, 5.41) is 5.68. The van der Waals surface area contributed by atoms with Crippen molar-refractivity contribution >= 4 is 35.0 Å². The van der Waals surface area contributed by atoms with Crippen molar-refractivity contribution in [1.82, 2.24) is 19.5 Å². The highest BCUT2D eigenvalue weighted by molar-refractivity contribution is 5.99. The number of para-hydroxylation sites is 2. The quantitative estimate of drug-likeness (QED) is 0.254. The Bertz CT molecular complexity index is 1390. The zero-order valence-electron chi connectivity index (χ0n) is 21.9. The topological polar surface area (TPSA) is 83.7 Å². The van der Waals surface area contributed by atoms with Crippen LogP contribution in [0, 0.1) is 6.92 Å². The van der Waals surface area contributed by atoms with Crippen LogP contribution in [0.25, 0.3) is 10.9 Å². The van der Waals surface area contributed by atoms with Crippen LogP contribution in [0.3, 0.4) is 0 Å². The lowest BCUT2D eigenvalue weighted by Gasteiger charge is -2.20. The number of fused-ring (bicyclic) bond motifs is 1. The van der Waals surface area contributed by atoms with Crippen LogP contribution in [0.2, 0.25) is 0 Å². The molecule has 4 aromatic rings. The molecule has 2 aromatic heterocycles. The minimum Gasteiger partial charge on any atom is -0.491 e. The zero-order valence-corrected chi connectivity index (χ0v) is 21.9. The van der Waals surface area contributed by atoms with Gasteiger partial charge in [-0.3, -0.25) is 0 Å². The van der Waals surface area contributed by atoms with E-state index in [4.69, 9.17) is 19.7 Å². The Balaban J connectivity index is 1.19. The molecule has 6 rings (SSSR count). The number of anilines is 3. The molecule has 0 radical (unpaired) electrons. The summed E-state index contributed by atoms with van der Waals surface area (Å²) in [6.07, 6.45) is 8.65. The molecule has 0 bridgehead atoms. The highest BCUT2D eigenvalue weighted by Crippen LogP contribution is 2.24. The summed E-state index contributed by atoms with van der Waals surface area (Å²) in [4.78, 5) is 18.6. The van der Waals surface area contributed by atoms with E-state index in [0.717, 1.165) is 72.4 Å². The molecule has 4 heterocycles. The number of benzene rings is 2. The van der Waals surface area contributed by atoms with Crippen molar-refractivity contribution in [2.75, 3.05) is 48.0 Å². The molecule has 2 aliphatic rings. The van der Waals surface area contributed by atoms with Crippen molar-refractivity contribution in [3.63, 3.8) is 0 Å². The maximum Gasteiger partial charge on any atom is 0.250 e. The molecule has 2 aliphatic heterocycles. The van der Waals surface area contributed by atoms with Crippen molar-refractivity contribution in [1.29, 1.82) is 0 Å². The first-order valence-corrected chi connectivity index (χ1v) is 13.6. The number of aromatic nitrogens is 4. The molecule has 0 unspecified atom stereocenters. The standard InChI is InChI=1S/C29H34N8O/c1-22-10-2-5-13-26(22)38-19-18-37-21-23(24-11-3-4-12-25(24)37)20-30-34-27-31-28(35-14-6-7-15-35)33-29(32-27)36-16-8-9-17-36/h2-5,10-13,20-21H,6-9,14-19H2,1H3,(H,31,32,33,34)/b30-20+. The fraction of sp³-hybridized carbons (Fsp3) is 0.379. The molecule has 0 spiro atoms. The molecule has 9 heteroatoms. The molecule has 0 saturated carbocycles. The van der Waals surface area contributed by atoms with Crippen molar-refractivity contribution in [2.45, 2.75) is 39.2 Å². The average molecular weight is 511 g/mol. The lowest BCUT2D eigenvalue weighted by atomic mass is 10.2. The highest BCUT2D eigenvalue weighted by Gasteiger charge is 2.21. The first-order valence-electron chi connectivity index (χ1n) is 13.6. The van der Waals surface area contributed by atoms with Gasteiger partial charge in [-0.15, -0.1) is 0 Å². The lowest BCUT2D eigenvalue weighted by Crippen LogP contribution is -2.25. The van der Waals surface area contributed by atoms with E-state index in [1.807, 2.05) is 24.4 Å². The van der Waals surface area contributed by atoms with Crippen LogP contribution < -0.4 is 20.0 Å². The third-order valence-corrected chi connectivity index (χ3v) is 7.26. The Morgan fingerprint density at radius 2 is 1.53 bits per heavy atom. The number of aryl methyl sites for hydroxylation is 1. The molecule has 9 nitrogen and oxygen atoms in total. The molecular weight excluding hydrogens is 476 g/mol. The molecule has 2 aromatic carbocycles. The number of hydrazone groups is 1. The molecule has 1 N–H and O–H groups in total. The highest BCUT2D eigenvalue weighted by atomic mass is 16.5. The monoisotopic (exact) mass is 510 g/mol. The zero-order chi connectivity index (χ0) is 25.7. The molecule has 2 fully saturated rings. The second kappa shape index (κ2) is 11.1. The molecule has 196 valence electrons. The van der Waals surface area contributed by atoms with Gasteiger partial charge in [0.2, 0.25) is 17.8 Å². The number of rotatable bonds is 9. The van der Waals surface area contributed by atoms with Gasteiger partial charge in [0.1, 0.15) is 12.4 Å². The minimum absolute atomic E-state index is 0.482. The maximum absolute atomic E-state index is 6.05. The van der Waals surface area contributed by atoms with Crippen molar-refractivity contribution in [3.05, 3.63) is 65.9 Å². The van der Waals surface area contributed by atoms with E-state index in [9.17, 15) is 0 Å². The third kappa shape index (κ3) is 5.27. The summed E-state index contributed by atoms with van der Waals surface area (Å²) in [7, 11) is 0. The molecule has 2 saturated heterocycles.